The van der Waals surface area contributed by atoms with Gasteiger partial charge in [-0.3, -0.25) is 10.1 Å². The predicted molar refractivity (Wildman–Crippen MR) is 71.0 cm³/mol. The molecule has 3 rings (SSSR count). The highest BCUT2D eigenvalue weighted by molar-refractivity contribution is 5.59. The van der Waals surface area contributed by atoms with Gasteiger partial charge in [0.1, 0.15) is 0 Å². The first kappa shape index (κ1) is 12.7. The molecule has 1 N–H and O–H groups in total. The van der Waals surface area contributed by atoms with Gasteiger partial charge in [0.15, 0.2) is 5.82 Å². The molecule has 1 saturated carbocycles. The van der Waals surface area contributed by atoms with Gasteiger partial charge in [-0.05, 0) is 31.4 Å². The van der Waals surface area contributed by atoms with Gasteiger partial charge in [0.25, 0.3) is 11.6 Å². The van der Waals surface area contributed by atoms with E-state index in [0.717, 1.165) is 5.56 Å². The zero-order valence-electron chi connectivity index (χ0n) is 11.0. The Hall–Kier alpha value is -2.28. The summed E-state index contributed by atoms with van der Waals surface area (Å²) >= 11 is 0. The van der Waals surface area contributed by atoms with E-state index in [1.54, 1.807) is 13.0 Å². The van der Waals surface area contributed by atoms with E-state index < -0.39 is 4.92 Å². The minimum Gasteiger partial charge on any atom is -0.334 e. The fraction of sp³-hybridized carbons (Fsp3) is 0.385. The molecule has 7 nitrogen and oxygen atoms in total. The van der Waals surface area contributed by atoms with Crippen molar-refractivity contribution < 1.29 is 9.45 Å². The van der Waals surface area contributed by atoms with Crippen molar-refractivity contribution >= 4 is 5.69 Å². The van der Waals surface area contributed by atoms with Gasteiger partial charge in [0, 0.05) is 23.7 Å². The topological polar surface area (TPSA) is 94.1 Å². The maximum atomic E-state index is 10.9. The van der Waals surface area contributed by atoms with Crippen LogP contribution in [0.2, 0.25) is 0 Å². The molecular formula is C13H14N4O3. The Morgan fingerprint density at radius 3 is 2.95 bits per heavy atom. The normalized spacial score (nSPS) is 14.4. The van der Waals surface area contributed by atoms with E-state index in [2.05, 4.69) is 15.5 Å². The van der Waals surface area contributed by atoms with Gasteiger partial charge in [0.05, 0.1) is 11.5 Å². The maximum absolute atomic E-state index is 10.9. The molecular weight excluding hydrogens is 260 g/mol. The molecule has 7 heteroatoms. The third-order valence-corrected chi connectivity index (χ3v) is 3.11. The largest absolute Gasteiger partial charge is 0.334 e. The van der Waals surface area contributed by atoms with E-state index in [1.807, 2.05) is 0 Å². The number of aryl methyl sites for hydroxylation is 1. The highest BCUT2D eigenvalue weighted by Gasteiger charge is 2.21. The van der Waals surface area contributed by atoms with Crippen molar-refractivity contribution in [3.8, 4) is 11.5 Å². The molecule has 0 amide bonds. The van der Waals surface area contributed by atoms with Crippen LogP contribution in [0, 0.1) is 17.0 Å². The number of benzene rings is 1. The zero-order valence-corrected chi connectivity index (χ0v) is 11.0. The number of nitro groups is 1. The minimum absolute atomic E-state index is 0.0239. The number of hydrogen-bond acceptors (Lipinski definition) is 6. The molecule has 104 valence electrons. The number of non-ortho nitro benzene ring substituents is 1. The van der Waals surface area contributed by atoms with Gasteiger partial charge >= 0.3 is 0 Å². The van der Waals surface area contributed by atoms with Crippen molar-refractivity contribution in [1.29, 1.82) is 0 Å². The fourth-order valence-electron chi connectivity index (χ4n) is 1.96. The second kappa shape index (κ2) is 5.01. The first-order valence-corrected chi connectivity index (χ1v) is 6.44. The standard InChI is InChI=1S/C13H14N4O3/c1-8-4-9(6-11(5-8)17(18)19)13-15-12(16-20-13)7-14-10-2-3-10/h4-6,10,14H,2-3,7H2,1H3. The number of nitrogens with one attached hydrogen (secondary N) is 1. The van der Waals surface area contributed by atoms with Crippen LogP contribution < -0.4 is 5.32 Å². The van der Waals surface area contributed by atoms with Crippen LogP contribution in [-0.2, 0) is 6.54 Å². The second-order valence-electron chi connectivity index (χ2n) is 4.99. The van der Waals surface area contributed by atoms with Gasteiger partial charge < -0.3 is 9.84 Å². The van der Waals surface area contributed by atoms with E-state index in [0.29, 0.717) is 29.9 Å². The Kier molecular flexibility index (Phi) is 3.19. The van der Waals surface area contributed by atoms with Crippen molar-refractivity contribution in [2.45, 2.75) is 32.4 Å². The van der Waals surface area contributed by atoms with E-state index in [1.165, 1.54) is 25.0 Å². The molecule has 0 radical (unpaired) electrons. The summed E-state index contributed by atoms with van der Waals surface area (Å²) in [5.74, 6) is 0.875. The molecule has 1 aliphatic rings. The highest BCUT2D eigenvalue weighted by atomic mass is 16.6. The molecule has 0 spiro atoms. The molecule has 0 bridgehead atoms. The lowest BCUT2D eigenvalue weighted by Gasteiger charge is -1.98. The third kappa shape index (κ3) is 2.83. The summed E-state index contributed by atoms with van der Waals surface area (Å²) < 4.78 is 5.17. The molecule has 1 aromatic carbocycles. The second-order valence-corrected chi connectivity index (χ2v) is 4.99. The molecule has 20 heavy (non-hydrogen) atoms. The Labute approximate surface area is 115 Å². The third-order valence-electron chi connectivity index (χ3n) is 3.11. The van der Waals surface area contributed by atoms with Crippen LogP contribution in [0.1, 0.15) is 24.2 Å². The van der Waals surface area contributed by atoms with Crippen LogP contribution in [0.3, 0.4) is 0 Å². The van der Waals surface area contributed by atoms with Gasteiger partial charge in [-0.2, -0.15) is 4.98 Å². The molecule has 2 aromatic rings. The quantitative estimate of drug-likeness (QED) is 0.663. The van der Waals surface area contributed by atoms with E-state index in [-0.39, 0.29) is 5.69 Å². The Bertz CT molecular complexity index is 649. The van der Waals surface area contributed by atoms with Crippen LogP contribution in [-0.4, -0.2) is 21.1 Å². The number of nitro benzene ring substituents is 1. The lowest BCUT2D eigenvalue weighted by atomic mass is 10.1. The predicted octanol–water partition coefficient (Wildman–Crippen LogP) is 2.21. The van der Waals surface area contributed by atoms with Gasteiger partial charge in [-0.25, -0.2) is 0 Å². The molecule has 0 saturated heterocycles. The molecule has 0 aliphatic heterocycles. The molecule has 1 aliphatic carbocycles. The van der Waals surface area contributed by atoms with Crippen molar-refractivity contribution in [2.24, 2.45) is 0 Å². The van der Waals surface area contributed by atoms with Crippen molar-refractivity contribution in [2.75, 3.05) is 0 Å². The van der Waals surface area contributed by atoms with Gasteiger partial charge in [-0.15, -0.1) is 0 Å². The molecule has 0 atom stereocenters. The van der Waals surface area contributed by atoms with Crippen LogP contribution in [0.4, 0.5) is 5.69 Å². The Morgan fingerprint density at radius 2 is 2.25 bits per heavy atom. The maximum Gasteiger partial charge on any atom is 0.270 e. The average molecular weight is 274 g/mol. The summed E-state index contributed by atoms with van der Waals surface area (Å²) in [6, 6.07) is 5.31. The van der Waals surface area contributed by atoms with Gasteiger partial charge in [0.2, 0.25) is 0 Å². The van der Waals surface area contributed by atoms with Crippen molar-refractivity contribution in [3.63, 3.8) is 0 Å². The van der Waals surface area contributed by atoms with Crippen LogP contribution in [0.25, 0.3) is 11.5 Å². The monoisotopic (exact) mass is 274 g/mol. The Balaban J connectivity index is 1.82. The molecule has 1 aromatic heterocycles. The summed E-state index contributed by atoms with van der Waals surface area (Å²) in [7, 11) is 0. The SMILES string of the molecule is Cc1cc(-c2nc(CNC3CC3)no2)cc([N+](=O)[O-])c1. The summed E-state index contributed by atoms with van der Waals surface area (Å²) in [5.41, 5.74) is 1.38. The zero-order chi connectivity index (χ0) is 14.1. The molecule has 1 fully saturated rings. The average Bonchev–Trinajstić information content (AvgIpc) is 3.12. The van der Waals surface area contributed by atoms with E-state index in [4.69, 9.17) is 4.52 Å². The van der Waals surface area contributed by atoms with Crippen LogP contribution in [0.5, 0.6) is 0 Å². The highest BCUT2D eigenvalue weighted by Crippen LogP contribution is 2.25. The van der Waals surface area contributed by atoms with Crippen molar-refractivity contribution in [1.82, 2.24) is 15.5 Å². The van der Waals surface area contributed by atoms with Crippen LogP contribution in [0.15, 0.2) is 22.7 Å². The summed E-state index contributed by atoms with van der Waals surface area (Å²) in [6.45, 7) is 2.35. The lowest BCUT2D eigenvalue weighted by Crippen LogP contribution is -2.16. The smallest absolute Gasteiger partial charge is 0.270 e. The first-order chi connectivity index (χ1) is 9.61. The number of aromatic nitrogens is 2. The van der Waals surface area contributed by atoms with Crippen LogP contribution >= 0.6 is 0 Å². The number of rotatable bonds is 5. The molecule has 1 heterocycles. The van der Waals surface area contributed by atoms with E-state index in [9.17, 15) is 10.1 Å². The number of nitrogens with zero attached hydrogens (tertiary/aromatic N) is 3. The van der Waals surface area contributed by atoms with E-state index >= 15 is 0 Å². The van der Waals surface area contributed by atoms with Crippen molar-refractivity contribution in [3.05, 3.63) is 39.7 Å². The minimum atomic E-state index is -0.428. The molecule has 0 unspecified atom stereocenters. The summed E-state index contributed by atoms with van der Waals surface area (Å²) in [6.07, 6.45) is 2.38. The first-order valence-electron chi connectivity index (χ1n) is 6.44. The summed E-state index contributed by atoms with van der Waals surface area (Å²) in [5, 5.41) is 18.0. The number of hydrogen-bond donors (Lipinski definition) is 1. The summed E-state index contributed by atoms with van der Waals surface area (Å²) in [4.78, 5) is 14.7. The fourth-order valence-corrected chi connectivity index (χ4v) is 1.96. The lowest BCUT2D eigenvalue weighted by molar-refractivity contribution is -0.384. The Morgan fingerprint density at radius 1 is 1.45 bits per heavy atom. The van der Waals surface area contributed by atoms with Gasteiger partial charge in [-0.1, -0.05) is 5.16 Å².